The van der Waals surface area contributed by atoms with Gasteiger partial charge in [0.1, 0.15) is 5.56 Å². The van der Waals surface area contributed by atoms with Crippen molar-refractivity contribution in [3.8, 4) is 0 Å². The van der Waals surface area contributed by atoms with Gasteiger partial charge in [0.25, 0.3) is 0 Å². The Bertz CT molecular complexity index is 460. The van der Waals surface area contributed by atoms with E-state index in [0.29, 0.717) is 17.1 Å². The highest BCUT2D eigenvalue weighted by atomic mass is 16.4. The molecule has 1 atom stereocenters. The normalized spacial score (nSPS) is 12.5. The Labute approximate surface area is 113 Å². The molecule has 1 unspecified atom stereocenters. The van der Waals surface area contributed by atoms with Gasteiger partial charge in [-0.15, -0.1) is 5.10 Å². The van der Waals surface area contributed by atoms with Crippen LogP contribution in [0.3, 0.4) is 0 Å². The molecule has 0 radical (unpaired) electrons. The van der Waals surface area contributed by atoms with Crippen molar-refractivity contribution in [2.75, 3.05) is 26.0 Å². The summed E-state index contributed by atoms with van der Waals surface area (Å²) >= 11 is 0. The molecule has 0 saturated heterocycles. The lowest BCUT2D eigenvalue weighted by atomic mass is 10.1. The number of carbonyl (C=O) groups is 1. The van der Waals surface area contributed by atoms with Gasteiger partial charge in [0, 0.05) is 6.04 Å². The third-order valence-corrected chi connectivity index (χ3v) is 3.06. The van der Waals surface area contributed by atoms with Gasteiger partial charge in [-0.3, -0.25) is 0 Å². The standard InChI is InChI=1S/C13H22N4O2/c1-8(6-7-17(4)5)14-12-11(13(18)19)9(2)10(3)15-16-12/h8H,6-7H2,1-5H3,(H,14,16)(H,18,19). The van der Waals surface area contributed by atoms with Crippen molar-refractivity contribution in [2.45, 2.75) is 33.2 Å². The molecule has 0 aliphatic heterocycles. The highest BCUT2D eigenvalue weighted by Crippen LogP contribution is 2.19. The van der Waals surface area contributed by atoms with E-state index in [4.69, 9.17) is 0 Å². The summed E-state index contributed by atoms with van der Waals surface area (Å²) < 4.78 is 0. The quantitative estimate of drug-likeness (QED) is 0.813. The zero-order valence-corrected chi connectivity index (χ0v) is 12.2. The molecule has 0 spiro atoms. The Hall–Kier alpha value is -1.69. The monoisotopic (exact) mass is 266 g/mol. The van der Waals surface area contributed by atoms with Gasteiger partial charge in [0.15, 0.2) is 5.82 Å². The lowest BCUT2D eigenvalue weighted by Gasteiger charge is -2.18. The summed E-state index contributed by atoms with van der Waals surface area (Å²) in [5, 5.41) is 20.4. The number of aryl methyl sites for hydroxylation is 1. The average Bonchev–Trinajstić information content (AvgIpc) is 2.31. The molecule has 0 saturated carbocycles. The molecule has 0 aliphatic carbocycles. The third-order valence-electron chi connectivity index (χ3n) is 3.06. The molecule has 1 rings (SSSR count). The minimum atomic E-state index is -0.974. The predicted octanol–water partition coefficient (Wildman–Crippen LogP) is 1.54. The van der Waals surface area contributed by atoms with Crippen LogP contribution in [0, 0.1) is 13.8 Å². The molecule has 6 nitrogen and oxygen atoms in total. The van der Waals surface area contributed by atoms with E-state index in [1.165, 1.54) is 0 Å². The molecule has 0 bridgehead atoms. The van der Waals surface area contributed by atoms with Crippen molar-refractivity contribution in [1.82, 2.24) is 15.1 Å². The van der Waals surface area contributed by atoms with Gasteiger partial charge in [0.05, 0.1) is 5.69 Å². The van der Waals surface area contributed by atoms with Crippen LogP contribution < -0.4 is 5.32 Å². The Kier molecular flexibility index (Phi) is 5.23. The van der Waals surface area contributed by atoms with E-state index in [2.05, 4.69) is 20.4 Å². The molecule has 1 aromatic heterocycles. The smallest absolute Gasteiger partial charge is 0.339 e. The van der Waals surface area contributed by atoms with E-state index in [1.54, 1.807) is 13.8 Å². The first kappa shape index (κ1) is 15.4. The van der Waals surface area contributed by atoms with E-state index in [0.717, 1.165) is 13.0 Å². The fraction of sp³-hybridized carbons (Fsp3) is 0.615. The number of carboxylic acid groups (broad SMARTS) is 1. The van der Waals surface area contributed by atoms with Crippen molar-refractivity contribution in [3.05, 3.63) is 16.8 Å². The molecule has 0 fully saturated rings. The molecule has 0 aliphatic rings. The van der Waals surface area contributed by atoms with Gasteiger partial charge >= 0.3 is 5.97 Å². The van der Waals surface area contributed by atoms with Crippen molar-refractivity contribution >= 4 is 11.8 Å². The minimum Gasteiger partial charge on any atom is -0.478 e. The summed E-state index contributed by atoms with van der Waals surface area (Å²) in [4.78, 5) is 13.4. The Balaban J connectivity index is 2.89. The molecular formula is C13H22N4O2. The second-order valence-electron chi connectivity index (χ2n) is 5.08. The summed E-state index contributed by atoms with van der Waals surface area (Å²) in [6.45, 7) is 6.44. The molecular weight excluding hydrogens is 244 g/mol. The maximum Gasteiger partial charge on any atom is 0.339 e. The van der Waals surface area contributed by atoms with Crippen LogP contribution in [0.2, 0.25) is 0 Å². The molecule has 0 amide bonds. The average molecular weight is 266 g/mol. The van der Waals surface area contributed by atoms with Crippen molar-refractivity contribution in [3.63, 3.8) is 0 Å². The highest BCUT2D eigenvalue weighted by molar-refractivity contribution is 5.94. The molecule has 106 valence electrons. The van der Waals surface area contributed by atoms with E-state index in [-0.39, 0.29) is 11.6 Å². The summed E-state index contributed by atoms with van der Waals surface area (Å²) in [5.74, 6) is -0.625. The summed E-state index contributed by atoms with van der Waals surface area (Å²) in [6.07, 6.45) is 0.903. The van der Waals surface area contributed by atoms with Crippen molar-refractivity contribution in [2.24, 2.45) is 0 Å². The number of carboxylic acids is 1. The van der Waals surface area contributed by atoms with Gasteiger partial charge in [-0.2, -0.15) is 5.10 Å². The maximum atomic E-state index is 11.3. The predicted molar refractivity (Wildman–Crippen MR) is 74.7 cm³/mol. The van der Waals surface area contributed by atoms with Crippen LogP contribution in [0.25, 0.3) is 0 Å². The van der Waals surface area contributed by atoms with Crippen molar-refractivity contribution < 1.29 is 9.90 Å². The van der Waals surface area contributed by atoms with Crippen LogP contribution in [0.4, 0.5) is 5.82 Å². The number of hydrogen-bond acceptors (Lipinski definition) is 5. The molecule has 1 aromatic rings. The molecule has 19 heavy (non-hydrogen) atoms. The first-order valence-corrected chi connectivity index (χ1v) is 6.31. The van der Waals surface area contributed by atoms with E-state index >= 15 is 0 Å². The molecule has 2 N–H and O–H groups in total. The van der Waals surface area contributed by atoms with Gasteiger partial charge in [0.2, 0.25) is 0 Å². The second kappa shape index (κ2) is 6.47. The number of aromatic nitrogens is 2. The van der Waals surface area contributed by atoms with Gasteiger partial charge in [-0.1, -0.05) is 0 Å². The zero-order chi connectivity index (χ0) is 14.6. The number of anilines is 1. The van der Waals surface area contributed by atoms with E-state index in [9.17, 15) is 9.90 Å². The minimum absolute atomic E-state index is 0.136. The Morgan fingerprint density at radius 2 is 2.00 bits per heavy atom. The molecule has 0 aromatic carbocycles. The number of rotatable bonds is 6. The lowest BCUT2D eigenvalue weighted by Crippen LogP contribution is -2.25. The first-order valence-electron chi connectivity index (χ1n) is 6.31. The number of hydrogen-bond donors (Lipinski definition) is 2. The highest BCUT2D eigenvalue weighted by Gasteiger charge is 2.18. The van der Waals surface area contributed by atoms with Crippen LogP contribution in [0.1, 0.15) is 35.0 Å². The number of nitrogens with one attached hydrogen (secondary N) is 1. The van der Waals surface area contributed by atoms with Crippen LogP contribution in [0.5, 0.6) is 0 Å². The second-order valence-corrected chi connectivity index (χ2v) is 5.08. The van der Waals surface area contributed by atoms with Gasteiger partial charge in [-0.25, -0.2) is 4.79 Å². The maximum absolute atomic E-state index is 11.3. The van der Waals surface area contributed by atoms with Gasteiger partial charge in [-0.05, 0) is 53.4 Å². The fourth-order valence-electron chi connectivity index (χ4n) is 1.73. The molecule has 1 heterocycles. The topological polar surface area (TPSA) is 78.4 Å². The molecule has 6 heteroatoms. The van der Waals surface area contributed by atoms with Crippen LogP contribution in [-0.4, -0.2) is 52.9 Å². The zero-order valence-electron chi connectivity index (χ0n) is 12.2. The van der Waals surface area contributed by atoms with Crippen molar-refractivity contribution in [1.29, 1.82) is 0 Å². The Morgan fingerprint density at radius 3 is 2.53 bits per heavy atom. The van der Waals surface area contributed by atoms with Crippen LogP contribution in [-0.2, 0) is 0 Å². The number of nitrogens with zero attached hydrogens (tertiary/aromatic N) is 3. The Morgan fingerprint density at radius 1 is 1.37 bits per heavy atom. The van der Waals surface area contributed by atoms with Crippen LogP contribution in [0.15, 0.2) is 0 Å². The number of aromatic carboxylic acids is 1. The SMILES string of the molecule is Cc1nnc(NC(C)CCN(C)C)c(C(=O)O)c1C. The van der Waals surface area contributed by atoms with E-state index in [1.807, 2.05) is 21.0 Å². The van der Waals surface area contributed by atoms with E-state index < -0.39 is 5.97 Å². The summed E-state index contributed by atoms with van der Waals surface area (Å²) in [7, 11) is 4.01. The lowest BCUT2D eigenvalue weighted by molar-refractivity contribution is 0.0696. The first-order chi connectivity index (χ1) is 8.82. The fourth-order valence-corrected chi connectivity index (χ4v) is 1.73. The summed E-state index contributed by atoms with van der Waals surface area (Å²) in [5.41, 5.74) is 1.51. The van der Waals surface area contributed by atoms with Crippen LogP contribution >= 0.6 is 0 Å². The summed E-state index contributed by atoms with van der Waals surface area (Å²) in [6, 6.07) is 0.136. The van der Waals surface area contributed by atoms with Gasteiger partial charge < -0.3 is 15.3 Å². The largest absolute Gasteiger partial charge is 0.478 e. The third kappa shape index (κ3) is 4.17.